The van der Waals surface area contributed by atoms with E-state index in [0.29, 0.717) is 10.6 Å². The minimum absolute atomic E-state index is 0.0647. The number of amides is 1. The van der Waals surface area contributed by atoms with Crippen LogP contribution in [0.1, 0.15) is 15.9 Å². The molecule has 112 valence electrons. The molecule has 0 N–H and O–H groups in total. The maximum absolute atomic E-state index is 12.5. The van der Waals surface area contributed by atoms with Gasteiger partial charge in [-0.15, -0.1) is 11.6 Å². The second kappa shape index (κ2) is 6.83. The van der Waals surface area contributed by atoms with Crippen molar-refractivity contribution in [3.8, 4) is 5.75 Å². The molecule has 0 aromatic heterocycles. The molecule has 0 aliphatic heterocycles. The molecule has 7 heteroatoms. The Morgan fingerprint density at radius 2 is 2.05 bits per heavy atom. The summed E-state index contributed by atoms with van der Waals surface area (Å²) < 4.78 is 42.4. The number of alkyl halides is 4. The average molecular weight is 310 g/mol. The fourth-order valence-corrected chi connectivity index (χ4v) is 1.91. The number of halogens is 4. The number of nitrogens with zero attached hydrogens (tertiary/aromatic N) is 1. The van der Waals surface area contributed by atoms with Crippen LogP contribution in [0, 0.1) is 6.92 Å². The molecule has 1 rings (SSSR count). The van der Waals surface area contributed by atoms with E-state index in [1.54, 1.807) is 13.0 Å². The molecule has 0 spiro atoms. The lowest BCUT2D eigenvalue weighted by Gasteiger charge is -2.23. The molecule has 0 atom stereocenters. The highest BCUT2D eigenvalue weighted by Crippen LogP contribution is 2.22. The molecule has 3 nitrogen and oxygen atoms in total. The van der Waals surface area contributed by atoms with Crippen LogP contribution in [-0.4, -0.2) is 43.1 Å². The minimum Gasteiger partial charge on any atom is -0.496 e. The molecule has 0 aliphatic rings. The van der Waals surface area contributed by atoms with Crippen LogP contribution in [0.2, 0.25) is 0 Å². The van der Waals surface area contributed by atoms with Crippen LogP contribution in [0.5, 0.6) is 5.75 Å². The van der Waals surface area contributed by atoms with Crippen LogP contribution in [-0.2, 0) is 0 Å². The van der Waals surface area contributed by atoms with E-state index in [-0.39, 0.29) is 18.0 Å². The smallest absolute Gasteiger partial charge is 0.406 e. The summed E-state index contributed by atoms with van der Waals surface area (Å²) in [7, 11) is 1.43. The van der Waals surface area contributed by atoms with Crippen LogP contribution in [0.3, 0.4) is 0 Å². The van der Waals surface area contributed by atoms with Crippen LogP contribution in [0.4, 0.5) is 13.2 Å². The Morgan fingerprint density at radius 3 is 2.55 bits per heavy atom. The van der Waals surface area contributed by atoms with Crippen molar-refractivity contribution in [2.75, 3.05) is 26.1 Å². The van der Waals surface area contributed by atoms with Gasteiger partial charge in [-0.25, -0.2) is 0 Å². The summed E-state index contributed by atoms with van der Waals surface area (Å²) in [6, 6.07) is 4.52. The fraction of sp³-hybridized carbons (Fsp3) is 0.462. The molecule has 1 amide bonds. The van der Waals surface area contributed by atoms with Gasteiger partial charge in [0.05, 0.1) is 7.11 Å². The summed E-state index contributed by atoms with van der Waals surface area (Å²) in [5.41, 5.74) is 0.936. The first-order valence-electron chi connectivity index (χ1n) is 5.85. The van der Waals surface area contributed by atoms with E-state index in [2.05, 4.69) is 0 Å². The monoisotopic (exact) mass is 309 g/mol. The number of benzene rings is 1. The third-order valence-corrected chi connectivity index (χ3v) is 2.84. The van der Waals surface area contributed by atoms with E-state index in [1.807, 2.05) is 0 Å². The maximum atomic E-state index is 12.5. The second-order valence-electron chi connectivity index (χ2n) is 4.22. The zero-order chi connectivity index (χ0) is 15.3. The summed E-state index contributed by atoms with van der Waals surface area (Å²) in [5, 5.41) is 0. The predicted molar refractivity (Wildman–Crippen MR) is 70.4 cm³/mol. The molecule has 0 fully saturated rings. The number of aryl methyl sites for hydroxylation is 1. The Balaban J connectivity index is 3.00. The number of hydrogen-bond donors (Lipinski definition) is 0. The Hall–Kier alpha value is -1.43. The Bertz CT molecular complexity index is 477. The van der Waals surface area contributed by atoms with Crippen molar-refractivity contribution >= 4 is 17.5 Å². The molecule has 1 aromatic rings. The van der Waals surface area contributed by atoms with E-state index in [4.69, 9.17) is 16.3 Å². The van der Waals surface area contributed by atoms with Crippen LogP contribution in [0.15, 0.2) is 18.2 Å². The van der Waals surface area contributed by atoms with Gasteiger partial charge in [0.1, 0.15) is 12.3 Å². The predicted octanol–water partition coefficient (Wildman–Crippen LogP) is 3.25. The van der Waals surface area contributed by atoms with E-state index < -0.39 is 18.6 Å². The average Bonchev–Trinajstić information content (AvgIpc) is 2.36. The SMILES string of the molecule is COc1cc(C(=O)N(CCCl)CC(F)(F)F)ccc1C. The van der Waals surface area contributed by atoms with Crippen molar-refractivity contribution in [1.29, 1.82) is 0 Å². The summed E-state index contributed by atoms with van der Waals surface area (Å²) in [6.07, 6.45) is -4.46. The molecular formula is C13H15ClF3NO2. The summed E-state index contributed by atoms with van der Waals surface area (Å²) >= 11 is 5.45. The van der Waals surface area contributed by atoms with Crippen molar-refractivity contribution in [3.63, 3.8) is 0 Å². The highest BCUT2D eigenvalue weighted by atomic mass is 35.5. The Labute approximate surface area is 120 Å². The lowest BCUT2D eigenvalue weighted by molar-refractivity contribution is -0.140. The van der Waals surface area contributed by atoms with E-state index in [1.165, 1.54) is 19.2 Å². The number of carbonyl (C=O) groups is 1. The van der Waals surface area contributed by atoms with Crippen LogP contribution >= 0.6 is 11.6 Å². The van der Waals surface area contributed by atoms with Gasteiger partial charge in [-0.2, -0.15) is 13.2 Å². The van der Waals surface area contributed by atoms with E-state index >= 15 is 0 Å². The van der Waals surface area contributed by atoms with E-state index in [9.17, 15) is 18.0 Å². The van der Waals surface area contributed by atoms with Gasteiger partial charge < -0.3 is 9.64 Å². The van der Waals surface area contributed by atoms with Gasteiger partial charge in [0.2, 0.25) is 0 Å². The topological polar surface area (TPSA) is 29.5 Å². The first-order valence-corrected chi connectivity index (χ1v) is 6.38. The number of hydrogen-bond acceptors (Lipinski definition) is 2. The van der Waals surface area contributed by atoms with Crippen molar-refractivity contribution < 1.29 is 22.7 Å². The van der Waals surface area contributed by atoms with Gasteiger partial charge in [-0.3, -0.25) is 4.79 Å². The van der Waals surface area contributed by atoms with Gasteiger partial charge in [0.15, 0.2) is 0 Å². The normalized spacial score (nSPS) is 11.3. The highest BCUT2D eigenvalue weighted by molar-refractivity contribution is 6.18. The number of carbonyl (C=O) groups excluding carboxylic acids is 1. The van der Waals surface area contributed by atoms with Gasteiger partial charge >= 0.3 is 6.18 Å². The summed E-state index contributed by atoms with van der Waals surface area (Å²) in [6.45, 7) is 0.282. The van der Waals surface area contributed by atoms with Crippen molar-refractivity contribution in [1.82, 2.24) is 4.90 Å². The highest BCUT2D eigenvalue weighted by Gasteiger charge is 2.33. The number of methoxy groups -OCH3 is 1. The van der Waals surface area contributed by atoms with Crippen molar-refractivity contribution in [2.24, 2.45) is 0 Å². The molecule has 0 saturated carbocycles. The van der Waals surface area contributed by atoms with Gasteiger partial charge in [0, 0.05) is 18.0 Å². The lowest BCUT2D eigenvalue weighted by Crippen LogP contribution is -2.40. The van der Waals surface area contributed by atoms with Crippen LogP contribution < -0.4 is 4.74 Å². The lowest BCUT2D eigenvalue weighted by atomic mass is 10.1. The summed E-state index contributed by atoms with van der Waals surface area (Å²) in [5.74, 6) is -0.333. The Kier molecular flexibility index (Phi) is 5.68. The van der Waals surface area contributed by atoms with Gasteiger partial charge in [-0.05, 0) is 24.6 Å². The molecular weight excluding hydrogens is 295 g/mol. The third kappa shape index (κ3) is 4.59. The number of rotatable bonds is 5. The molecule has 0 unspecified atom stereocenters. The first kappa shape index (κ1) is 16.6. The molecule has 0 radical (unpaired) electrons. The molecule has 0 heterocycles. The fourth-order valence-electron chi connectivity index (χ4n) is 1.71. The van der Waals surface area contributed by atoms with Crippen LogP contribution in [0.25, 0.3) is 0 Å². The largest absolute Gasteiger partial charge is 0.496 e. The molecule has 0 saturated heterocycles. The van der Waals surface area contributed by atoms with Gasteiger partial charge in [0.25, 0.3) is 5.91 Å². The zero-order valence-corrected chi connectivity index (χ0v) is 11.9. The maximum Gasteiger partial charge on any atom is 0.406 e. The van der Waals surface area contributed by atoms with Crippen molar-refractivity contribution in [2.45, 2.75) is 13.1 Å². The molecule has 0 bridgehead atoms. The van der Waals surface area contributed by atoms with Gasteiger partial charge in [-0.1, -0.05) is 6.07 Å². The second-order valence-corrected chi connectivity index (χ2v) is 4.59. The quantitative estimate of drug-likeness (QED) is 0.781. The number of ether oxygens (including phenoxy) is 1. The first-order chi connectivity index (χ1) is 9.28. The summed E-state index contributed by atoms with van der Waals surface area (Å²) in [4.78, 5) is 12.8. The van der Waals surface area contributed by atoms with E-state index in [0.717, 1.165) is 5.56 Å². The standard InChI is InChI=1S/C13H15ClF3NO2/c1-9-3-4-10(7-11(9)20-2)12(19)18(6-5-14)8-13(15,16)17/h3-4,7H,5-6,8H2,1-2H3. The molecule has 0 aliphatic carbocycles. The van der Waals surface area contributed by atoms with Crippen molar-refractivity contribution in [3.05, 3.63) is 29.3 Å². The Morgan fingerprint density at radius 1 is 1.40 bits per heavy atom. The minimum atomic E-state index is -4.46. The molecule has 20 heavy (non-hydrogen) atoms. The zero-order valence-electron chi connectivity index (χ0n) is 11.1. The third-order valence-electron chi connectivity index (χ3n) is 2.67. The molecule has 1 aromatic carbocycles.